The molecule has 0 aliphatic heterocycles. The number of ketones is 1. The van der Waals surface area contributed by atoms with Crippen LogP contribution in [0, 0.1) is 0 Å². The number of hydrogen-bond acceptors (Lipinski definition) is 3. The highest BCUT2D eigenvalue weighted by atomic mass is 16.5. The predicted octanol–water partition coefficient (Wildman–Crippen LogP) is 7.60. The molecule has 2 unspecified atom stereocenters. The van der Waals surface area contributed by atoms with Gasteiger partial charge in [0.2, 0.25) is 0 Å². The summed E-state index contributed by atoms with van der Waals surface area (Å²) in [5, 5.41) is 0. The van der Waals surface area contributed by atoms with Crippen molar-refractivity contribution in [2.75, 3.05) is 0 Å². The third kappa shape index (κ3) is 6.78. The number of Topliss-reactive ketones (excluding diaryl/α,β-unsaturated/α-hetero) is 1. The van der Waals surface area contributed by atoms with E-state index >= 15 is 0 Å². The SMILES string of the molecule is CC(C(=O)C(C)c1ccccc1COCc1ccccc1)c1ccccc1COCc1ccccc1. The summed E-state index contributed by atoms with van der Waals surface area (Å²) in [6, 6.07) is 36.5. The van der Waals surface area contributed by atoms with Gasteiger partial charge < -0.3 is 9.47 Å². The number of rotatable bonds is 12. The van der Waals surface area contributed by atoms with E-state index in [-0.39, 0.29) is 17.6 Å². The van der Waals surface area contributed by atoms with E-state index < -0.39 is 0 Å². The minimum absolute atomic E-state index is 0.195. The van der Waals surface area contributed by atoms with Crippen LogP contribution < -0.4 is 0 Å². The predicted molar refractivity (Wildman–Crippen MR) is 145 cm³/mol. The van der Waals surface area contributed by atoms with E-state index in [9.17, 15) is 4.79 Å². The van der Waals surface area contributed by atoms with Crippen molar-refractivity contribution in [2.24, 2.45) is 0 Å². The second kappa shape index (κ2) is 13.0. The number of benzene rings is 4. The Labute approximate surface area is 214 Å². The Morgan fingerprint density at radius 2 is 0.889 bits per heavy atom. The fourth-order valence-corrected chi connectivity index (χ4v) is 4.56. The zero-order valence-electron chi connectivity index (χ0n) is 21.1. The maximum absolute atomic E-state index is 13.7. The molecule has 4 aromatic rings. The maximum Gasteiger partial charge on any atom is 0.147 e. The first-order valence-electron chi connectivity index (χ1n) is 12.6. The van der Waals surface area contributed by atoms with Gasteiger partial charge in [-0.05, 0) is 33.4 Å². The second-order valence-corrected chi connectivity index (χ2v) is 9.20. The first-order valence-corrected chi connectivity index (χ1v) is 12.6. The first-order chi connectivity index (χ1) is 17.6. The molecule has 0 fully saturated rings. The minimum Gasteiger partial charge on any atom is -0.372 e. The molecule has 0 amide bonds. The van der Waals surface area contributed by atoms with Crippen molar-refractivity contribution in [3.63, 3.8) is 0 Å². The number of hydrogen-bond donors (Lipinski definition) is 0. The standard InChI is InChI=1S/C33H34O3/c1-25(31-19-11-9-17-29(31)23-35-21-27-13-5-3-6-14-27)33(34)26(2)32-20-12-10-18-30(32)24-36-22-28-15-7-4-8-16-28/h3-20,25-26H,21-24H2,1-2H3. The monoisotopic (exact) mass is 478 g/mol. The average molecular weight is 479 g/mol. The van der Waals surface area contributed by atoms with Crippen molar-refractivity contribution in [1.82, 2.24) is 0 Å². The summed E-state index contributed by atoms with van der Waals surface area (Å²) in [6.07, 6.45) is 0. The molecule has 0 aliphatic carbocycles. The summed E-state index contributed by atoms with van der Waals surface area (Å²) in [7, 11) is 0. The Bertz CT molecular complexity index is 1140. The third-order valence-corrected chi connectivity index (χ3v) is 6.63. The summed E-state index contributed by atoms with van der Waals surface area (Å²) < 4.78 is 12.0. The van der Waals surface area contributed by atoms with Crippen LogP contribution in [-0.2, 0) is 40.7 Å². The van der Waals surface area contributed by atoms with Gasteiger partial charge in [-0.25, -0.2) is 0 Å². The Kier molecular flexibility index (Phi) is 9.21. The van der Waals surface area contributed by atoms with E-state index in [1.165, 1.54) is 0 Å². The van der Waals surface area contributed by atoms with Crippen LogP contribution in [0.2, 0.25) is 0 Å². The lowest BCUT2D eigenvalue weighted by Crippen LogP contribution is -2.19. The molecule has 0 saturated carbocycles. The fourth-order valence-electron chi connectivity index (χ4n) is 4.56. The normalized spacial score (nSPS) is 12.7. The van der Waals surface area contributed by atoms with Crippen molar-refractivity contribution in [2.45, 2.75) is 52.1 Å². The number of ether oxygens (including phenoxy) is 2. The van der Waals surface area contributed by atoms with Crippen molar-refractivity contribution >= 4 is 5.78 Å². The van der Waals surface area contributed by atoms with E-state index in [1.54, 1.807) is 0 Å². The zero-order valence-corrected chi connectivity index (χ0v) is 21.1. The van der Waals surface area contributed by atoms with Gasteiger partial charge in [0.05, 0.1) is 26.4 Å². The van der Waals surface area contributed by atoms with Crippen LogP contribution in [0.15, 0.2) is 109 Å². The molecule has 0 aromatic heterocycles. The number of carbonyl (C=O) groups excluding carboxylic acids is 1. The molecule has 4 aromatic carbocycles. The minimum atomic E-state index is -0.241. The number of carbonyl (C=O) groups is 1. The highest BCUT2D eigenvalue weighted by Crippen LogP contribution is 2.30. The molecular formula is C33H34O3. The Morgan fingerprint density at radius 3 is 1.31 bits per heavy atom. The lowest BCUT2D eigenvalue weighted by molar-refractivity contribution is -0.121. The molecule has 36 heavy (non-hydrogen) atoms. The molecule has 0 heterocycles. The first kappa shape index (κ1) is 25.6. The second-order valence-electron chi connectivity index (χ2n) is 9.20. The van der Waals surface area contributed by atoms with E-state index in [2.05, 4.69) is 36.4 Å². The summed E-state index contributed by atoms with van der Waals surface area (Å²) >= 11 is 0. The molecule has 2 atom stereocenters. The van der Waals surface area contributed by atoms with E-state index in [0.717, 1.165) is 33.4 Å². The third-order valence-electron chi connectivity index (χ3n) is 6.63. The molecule has 4 rings (SSSR count). The van der Waals surface area contributed by atoms with Gasteiger partial charge in [-0.3, -0.25) is 4.79 Å². The van der Waals surface area contributed by atoms with Crippen molar-refractivity contribution < 1.29 is 14.3 Å². The molecule has 0 aliphatic rings. The Hall–Kier alpha value is -3.53. The van der Waals surface area contributed by atoms with Crippen LogP contribution in [-0.4, -0.2) is 5.78 Å². The van der Waals surface area contributed by atoms with Crippen molar-refractivity contribution in [3.05, 3.63) is 143 Å². The van der Waals surface area contributed by atoms with Gasteiger partial charge in [0, 0.05) is 11.8 Å². The molecule has 184 valence electrons. The van der Waals surface area contributed by atoms with Crippen LogP contribution in [0.3, 0.4) is 0 Å². The summed E-state index contributed by atoms with van der Waals surface area (Å²) in [4.78, 5) is 13.7. The van der Waals surface area contributed by atoms with Gasteiger partial charge in [-0.2, -0.15) is 0 Å². The van der Waals surface area contributed by atoms with Crippen LogP contribution >= 0.6 is 0 Å². The molecule has 0 saturated heterocycles. The van der Waals surface area contributed by atoms with Gasteiger partial charge in [0.25, 0.3) is 0 Å². The van der Waals surface area contributed by atoms with Crippen molar-refractivity contribution in [3.8, 4) is 0 Å². The van der Waals surface area contributed by atoms with Gasteiger partial charge in [0.1, 0.15) is 5.78 Å². The molecular weight excluding hydrogens is 444 g/mol. The zero-order chi connectivity index (χ0) is 25.2. The lowest BCUT2D eigenvalue weighted by atomic mass is 9.83. The van der Waals surface area contributed by atoms with Crippen LogP contribution in [0.4, 0.5) is 0 Å². The Morgan fingerprint density at radius 1 is 0.528 bits per heavy atom. The van der Waals surface area contributed by atoms with Gasteiger partial charge in [0.15, 0.2) is 0 Å². The Balaban J connectivity index is 1.42. The van der Waals surface area contributed by atoms with E-state index in [0.29, 0.717) is 26.4 Å². The van der Waals surface area contributed by atoms with Gasteiger partial charge in [-0.15, -0.1) is 0 Å². The van der Waals surface area contributed by atoms with E-state index in [1.807, 2.05) is 86.6 Å². The van der Waals surface area contributed by atoms with Gasteiger partial charge >= 0.3 is 0 Å². The van der Waals surface area contributed by atoms with E-state index in [4.69, 9.17) is 9.47 Å². The quantitative estimate of drug-likeness (QED) is 0.210. The average Bonchev–Trinajstić information content (AvgIpc) is 2.93. The topological polar surface area (TPSA) is 35.5 Å². The van der Waals surface area contributed by atoms with Crippen LogP contribution in [0.25, 0.3) is 0 Å². The van der Waals surface area contributed by atoms with Crippen LogP contribution in [0.5, 0.6) is 0 Å². The highest BCUT2D eigenvalue weighted by Gasteiger charge is 2.26. The maximum atomic E-state index is 13.7. The van der Waals surface area contributed by atoms with Crippen LogP contribution in [0.1, 0.15) is 59.1 Å². The molecule has 0 radical (unpaired) electrons. The summed E-state index contributed by atoms with van der Waals surface area (Å²) in [5.74, 6) is -0.286. The molecule has 3 nitrogen and oxygen atoms in total. The molecule has 0 bridgehead atoms. The molecule has 0 N–H and O–H groups in total. The smallest absolute Gasteiger partial charge is 0.147 e. The summed E-state index contributed by atoms with van der Waals surface area (Å²) in [5.41, 5.74) is 6.44. The van der Waals surface area contributed by atoms with Gasteiger partial charge in [-0.1, -0.05) is 123 Å². The van der Waals surface area contributed by atoms with Crippen molar-refractivity contribution in [1.29, 1.82) is 0 Å². The summed E-state index contributed by atoms with van der Waals surface area (Å²) in [6.45, 7) is 6.04. The highest BCUT2D eigenvalue weighted by molar-refractivity contribution is 5.91. The lowest BCUT2D eigenvalue weighted by Gasteiger charge is -2.21. The fraction of sp³-hybridized carbons (Fsp3) is 0.242. The largest absolute Gasteiger partial charge is 0.372 e. The molecule has 0 spiro atoms. The molecule has 3 heteroatoms.